The molecule has 96 valence electrons. The van der Waals surface area contributed by atoms with Gasteiger partial charge in [0, 0.05) is 18.0 Å². The van der Waals surface area contributed by atoms with Gasteiger partial charge in [-0.3, -0.25) is 9.78 Å². The highest BCUT2D eigenvalue weighted by Crippen LogP contribution is 2.24. The van der Waals surface area contributed by atoms with Crippen LogP contribution in [0, 0.1) is 0 Å². The van der Waals surface area contributed by atoms with E-state index in [0.717, 1.165) is 23.4 Å². The Kier molecular flexibility index (Phi) is 3.60. The molecular formula is C15H14N2OS. The standard InChI is InChI=1S/C15H14N2OS/c18-14(10-19-15-9-16-6-7-17-15)13-5-4-11-2-1-3-12(11)8-13/h4-9H,1-3,10H2. The summed E-state index contributed by atoms with van der Waals surface area (Å²) in [5.74, 6) is 0.572. The Hall–Kier alpha value is -1.68. The monoisotopic (exact) mass is 270 g/mol. The van der Waals surface area contributed by atoms with Crippen molar-refractivity contribution in [1.82, 2.24) is 9.97 Å². The molecule has 0 aliphatic heterocycles. The molecule has 0 fully saturated rings. The number of thioether (sulfide) groups is 1. The van der Waals surface area contributed by atoms with Crippen molar-refractivity contribution in [3.05, 3.63) is 53.5 Å². The maximum Gasteiger partial charge on any atom is 0.173 e. The predicted molar refractivity (Wildman–Crippen MR) is 75.6 cm³/mol. The van der Waals surface area contributed by atoms with E-state index >= 15 is 0 Å². The molecule has 1 aliphatic rings. The van der Waals surface area contributed by atoms with E-state index in [4.69, 9.17) is 0 Å². The fraction of sp³-hybridized carbons (Fsp3) is 0.267. The second kappa shape index (κ2) is 5.53. The minimum absolute atomic E-state index is 0.158. The zero-order valence-corrected chi connectivity index (χ0v) is 11.3. The second-order valence-electron chi connectivity index (χ2n) is 4.59. The van der Waals surface area contributed by atoms with Gasteiger partial charge in [-0.2, -0.15) is 0 Å². The van der Waals surface area contributed by atoms with Gasteiger partial charge >= 0.3 is 0 Å². The summed E-state index contributed by atoms with van der Waals surface area (Å²) < 4.78 is 0. The van der Waals surface area contributed by atoms with E-state index in [1.54, 1.807) is 18.6 Å². The number of ketones is 1. The van der Waals surface area contributed by atoms with E-state index in [0.29, 0.717) is 5.75 Å². The summed E-state index contributed by atoms with van der Waals surface area (Å²) >= 11 is 1.43. The van der Waals surface area contributed by atoms with E-state index in [-0.39, 0.29) is 5.78 Å². The highest BCUT2D eigenvalue weighted by atomic mass is 32.2. The normalized spacial score (nSPS) is 13.3. The van der Waals surface area contributed by atoms with Gasteiger partial charge in [0.25, 0.3) is 0 Å². The van der Waals surface area contributed by atoms with Crippen LogP contribution in [-0.4, -0.2) is 21.5 Å². The molecule has 0 bridgehead atoms. The van der Waals surface area contributed by atoms with Crippen molar-refractivity contribution in [3.8, 4) is 0 Å². The molecule has 3 rings (SSSR count). The number of rotatable bonds is 4. The van der Waals surface area contributed by atoms with Crippen LogP contribution in [0.15, 0.2) is 41.8 Å². The van der Waals surface area contributed by atoms with Gasteiger partial charge in [0.2, 0.25) is 0 Å². The first-order chi connectivity index (χ1) is 9.33. The lowest BCUT2D eigenvalue weighted by molar-refractivity contribution is 0.102. The van der Waals surface area contributed by atoms with Crippen LogP contribution in [0.4, 0.5) is 0 Å². The first-order valence-corrected chi connectivity index (χ1v) is 7.35. The van der Waals surface area contributed by atoms with Gasteiger partial charge in [-0.1, -0.05) is 23.9 Å². The van der Waals surface area contributed by atoms with Crippen LogP contribution in [-0.2, 0) is 12.8 Å². The molecule has 0 saturated heterocycles. The molecule has 0 unspecified atom stereocenters. The smallest absolute Gasteiger partial charge is 0.173 e. The number of hydrogen-bond acceptors (Lipinski definition) is 4. The lowest BCUT2D eigenvalue weighted by Crippen LogP contribution is -2.03. The molecule has 4 heteroatoms. The molecular weight excluding hydrogens is 256 g/mol. The van der Waals surface area contributed by atoms with Crippen LogP contribution in [0.1, 0.15) is 27.9 Å². The molecule has 1 aliphatic carbocycles. The van der Waals surface area contributed by atoms with Crippen molar-refractivity contribution in [1.29, 1.82) is 0 Å². The van der Waals surface area contributed by atoms with Crippen LogP contribution in [0.2, 0.25) is 0 Å². The molecule has 0 N–H and O–H groups in total. The van der Waals surface area contributed by atoms with E-state index in [1.165, 1.54) is 29.3 Å². The lowest BCUT2D eigenvalue weighted by atomic mass is 10.0. The topological polar surface area (TPSA) is 42.9 Å². The largest absolute Gasteiger partial charge is 0.293 e. The Morgan fingerprint density at radius 1 is 1.21 bits per heavy atom. The number of nitrogens with zero attached hydrogens (tertiary/aromatic N) is 2. The number of benzene rings is 1. The van der Waals surface area contributed by atoms with Gasteiger partial charge in [0.1, 0.15) is 5.03 Å². The highest BCUT2D eigenvalue weighted by Gasteiger charge is 2.14. The summed E-state index contributed by atoms with van der Waals surface area (Å²) in [6.45, 7) is 0. The van der Waals surface area contributed by atoms with Crippen molar-refractivity contribution in [3.63, 3.8) is 0 Å². The molecule has 19 heavy (non-hydrogen) atoms. The zero-order chi connectivity index (χ0) is 13.1. The minimum Gasteiger partial charge on any atom is -0.293 e. The van der Waals surface area contributed by atoms with Crippen molar-refractivity contribution >= 4 is 17.5 Å². The maximum absolute atomic E-state index is 12.1. The molecule has 0 amide bonds. The predicted octanol–water partition coefficient (Wildman–Crippen LogP) is 2.94. The van der Waals surface area contributed by atoms with Crippen molar-refractivity contribution < 1.29 is 4.79 Å². The summed E-state index contributed by atoms with van der Waals surface area (Å²) in [5.41, 5.74) is 3.56. The number of carbonyl (C=O) groups is 1. The lowest BCUT2D eigenvalue weighted by Gasteiger charge is -2.04. The first kappa shape index (κ1) is 12.4. The summed E-state index contributed by atoms with van der Waals surface area (Å²) in [7, 11) is 0. The third kappa shape index (κ3) is 2.84. The fourth-order valence-corrected chi connectivity index (χ4v) is 3.04. The minimum atomic E-state index is 0.158. The van der Waals surface area contributed by atoms with Crippen molar-refractivity contribution in [2.75, 3.05) is 5.75 Å². The molecule has 1 heterocycles. The molecule has 2 aromatic rings. The van der Waals surface area contributed by atoms with Crippen LogP contribution in [0.25, 0.3) is 0 Å². The van der Waals surface area contributed by atoms with Crippen molar-refractivity contribution in [2.45, 2.75) is 24.3 Å². The Labute approximate surface area is 116 Å². The average Bonchev–Trinajstić information content (AvgIpc) is 2.93. The number of carbonyl (C=O) groups excluding carboxylic acids is 1. The second-order valence-corrected chi connectivity index (χ2v) is 5.59. The van der Waals surface area contributed by atoms with Gasteiger partial charge < -0.3 is 0 Å². The Morgan fingerprint density at radius 2 is 2.11 bits per heavy atom. The number of aryl methyl sites for hydroxylation is 2. The molecule has 1 aromatic heterocycles. The van der Waals surface area contributed by atoms with E-state index in [9.17, 15) is 4.79 Å². The van der Waals surface area contributed by atoms with Crippen LogP contribution in [0.3, 0.4) is 0 Å². The average molecular weight is 270 g/mol. The van der Waals surface area contributed by atoms with Gasteiger partial charge in [-0.05, 0) is 36.5 Å². The summed E-state index contributed by atoms with van der Waals surface area (Å²) in [5, 5.41) is 0.789. The molecule has 0 radical (unpaired) electrons. The SMILES string of the molecule is O=C(CSc1cnccn1)c1ccc2c(c1)CCC2. The summed E-state index contributed by atoms with van der Waals surface area (Å²) in [6.07, 6.45) is 8.42. The van der Waals surface area contributed by atoms with E-state index in [2.05, 4.69) is 22.1 Å². The number of Topliss-reactive ketones (excluding diaryl/α,β-unsaturated/α-hetero) is 1. The van der Waals surface area contributed by atoms with E-state index in [1.807, 2.05) is 6.07 Å². The Morgan fingerprint density at radius 3 is 2.95 bits per heavy atom. The maximum atomic E-state index is 12.1. The number of aromatic nitrogens is 2. The number of fused-ring (bicyclic) bond motifs is 1. The zero-order valence-electron chi connectivity index (χ0n) is 10.5. The van der Waals surface area contributed by atoms with Gasteiger partial charge in [0.05, 0.1) is 11.9 Å². The Balaban J connectivity index is 1.67. The highest BCUT2D eigenvalue weighted by molar-refractivity contribution is 7.99. The summed E-state index contributed by atoms with van der Waals surface area (Å²) in [6, 6.07) is 6.11. The first-order valence-electron chi connectivity index (χ1n) is 6.37. The molecule has 3 nitrogen and oxygen atoms in total. The van der Waals surface area contributed by atoms with Crippen LogP contribution in [0.5, 0.6) is 0 Å². The molecule has 1 aromatic carbocycles. The third-order valence-corrected chi connectivity index (χ3v) is 4.22. The van der Waals surface area contributed by atoms with Gasteiger partial charge in [-0.15, -0.1) is 0 Å². The summed E-state index contributed by atoms with van der Waals surface area (Å²) in [4.78, 5) is 20.3. The fourth-order valence-electron chi connectivity index (χ4n) is 2.33. The third-order valence-electron chi connectivity index (χ3n) is 3.31. The van der Waals surface area contributed by atoms with Gasteiger partial charge in [-0.25, -0.2) is 4.98 Å². The Bertz CT molecular complexity index is 598. The van der Waals surface area contributed by atoms with Crippen LogP contribution >= 0.6 is 11.8 Å². The van der Waals surface area contributed by atoms with Gasteiger partial charge in [0.15, 0.2) is 5.78 Å². The van der Waals surface area contributed by atoms with Crippen LogP contribution < -0.4 is 0 Å². The molecule has 0 saturated carbocycles. The van der Waals surface area contributed by atoms with E-state index < -0.39 is 0 Å². The van der Waals surface area contributed by atoms with Crippen molar-refractivity contribution in [2.24, 2.45) is 0 Å². The molecule has 0 atom stereocenters. The molecule has 0 spiro atoms. The quantitative estimate of drug-likeness (QED) is 0.633. The number of hydrogen-bond donors (Lipinski definition) is 0.